The van der Waals surface area contributed by atoms with Crippen molar-refractivity contribution in [3.05, 3.63) is 69.4 Å². The number of aliphatic carboxylic acids is 1. The highest BCUT2D eigenvalue weighted by atomic mass is 35.5. The second-order valence-electron chi connectivity index (χ2n) is 9.80. The van der Waals surface area contributed by atoms with E-state index in [9.17, 15) is 4.79 Å². The summed E-state index contributed by atoms with van der Waals surface area (Å²) in [5.74, 6) is 0.248. The van der Waals surface area contributed by atoms with E-state index in [4.69, 9.17) is 14.6 Å². The molecule has 0 spiro atoms. The minimum absolute atomic E-state index is 0. The standard InChI is InChI=1S/C28H27N3O3S.ClH/c1-15-9-19(4-6-22(15)24-14-35-13-16(24)2)27-30-26(31-34-27)18-3-7-23-17(10-18)5-8-25(23)29-21-11-20(12-21)28(32)33;/h3-4,6-7,9-10,13-14,20-21,25,29H,5,8,11-12H2,1-2H3,(H,32,33);1H. The van der Waals surface area contributed by atoms with Gasteiger partial charge in [0, 0.05) is 23.2 Å². The highest BCUT2D eigenvalue weighted by molar-refractivity contribution is 7.08. The molecule has 2 aromatic carbocycles. The van der Waals surface area contributed by atoms with Crippen LogP contribution >= 0.6 is 23.7 Å². The van der Waals surface area contributed by atoms with Crippen LogP contribution in [0.25, 0.3) is 34.0 Å². The number of aromatic nitrogens is 2. The highest BCUT2D eigenvalue weighted by Crippen LogP contribution is 2.38. The molecule has 0 bridgehead atoms. The van der Waals surface area contributed by atoms with E-state index in [2.05, 4.69) is 65.4 Å². The molecule has 0 amide bonds. The zero-order chi connectivity index (χ0) is 24.1. The summed E-state index contributed by atoms with van der Waals surface area (Å²) in [4.78, 5) is 15.8. The van der Waals surface area contributed by atoms with Gasteiger partial charge in [0.25, 0.3) is 5.89 Å². The van der Waals surface area contributed by atoms with E-state index in [1.54, 1.807) is 11.3 Å². The molecule has 36 heavy (non-hydrogen) atoms. The Labute approximate surface area is 220 Å². The van der Waals surface area contributed by atoms with Gasteiger partial charge >= 0.3 is 5.97 Å². The predicted molar refractivity (Wildman–Crippen MR) is 144 cm³/mol. The number of fused-ring (bicyclic) bond motifs is 1. The van der Waals surface area contributed by atoms with E-state index in [1.165, 1.54) is 33.4 Å². The van der Waals surface area contributed by atoms with Crippen LogP contribution in [0.15, 0.2) is 51.7 Å². The average Bonchev–Trinajstić information content (AvgIpc) is 3.55. The number of hydrogen-bond donors (Lipinski definition) is 2. The third-order valence-corrected chi connectivity index (χ3v) is 8.31. The maximum absolute atomic E-state index is 11.1. The van der Waals surface area contributed by atoms with Crippen molar-refractivity contribution in [1.29, 1.82) is 0 Å². The zero-order valence-corrected chi connectivity index (χ0v) is 21.8. The fraction of sp³-hybridized carbons (Fsp3) is 0.321. The van der Waals surface area contributed by atoms with Crippen molar-refractivity contribution in [2.45, 2.75) is 51.6 Å². The van der Waals surface area contributed by atoms with E-state index < -0.39 is 5.97 Å². The van der Waals surface area contributed by atoms with Gasteiger partial charge in [-0.1, -0.05) is 23.4 Å². The minimum Gasteiger partial charge on any atom is -0.481 e. The number of carboxylic acid groups (broad SMARTS) is 1. The maximum atomic E-state index is 11.1. The summed E-state index contributed by atoms with van der Waals surface area (Å²) >= 11 is 1.72. The number of nitrogens with zero attached hydrogens (tertiary/aromatic N) is 2. The Morgan fingerprint density at radius 2 is 1.86 bits per heavy atom. The lowest BCUT2D eigenvalue weighted by Gasteiger charge is -2.35. The summed E-state index contributed by atoms with van der Waals surface area (Å²) in [5, 5.41) is 21.4. The third kappa shape index (κ3) is 4.47. The number of aryl methyl sites for hydroxylation is 3. The Balaban J connectivity index is 0.00000267. The molecule has 2 heterocycles. The molecular formula is C28H28ClN3O3S. The summed E-state index contributed by atoms with van der Waals surface area (Å²) in [6, 6.07) is 13.2. The summed E-state index contributed by atoms with van der Waals surface area (Å²) in [5.41, 5.74) is 9.44. The molecule has 2 aromatic heterocycles. The molecule has 1 atom stereocenters. The number of rotatable bonds is 6. The first-order chi connectivity index (χ1) is 17.0. The molecule has 6 nitrogen and oxygen atoms in total. The first kappa shape index (κ1) is 24.7. The number of hydrogen-bond acceptors (Lipinski definition) is 6. The van der Waals surface area contributed by atoms with Gasteiger partial charge in [0.05, 0.1) is 5.92 Å². The normalized spacial score (nSPS) is 20.4. The quantitative estimate of drug-likeness (QED) is 0.297. The lowest BCUT2D eigenvalue weighted by atomic mass is 9.80. The van der Waals surface area contributed by atoms with Gasteiger partial charge in [-0.15, -0.1) is 12.4 Å². The Bertz CT molecular complexity index is 1420. The number of thiophene rings is 1. The van der Waals surface area contributed by atoms with E-state index in [-0.39, 0.29) is 24.4 Å². The summed E-state index contributed by atoms with van der Waals surface area (Å²) in [6.45, 7) is 4.25. The molecule has 2 N–H and O–H groups in total. The third-order valence-electron chi connectivity index (χ3n) is 7.45. The van der Waals surface area contributed by atoms with Gasteiger partial charge in [0.15, 0.2) is 0 Å². The van der Waals surface area contributed by atoms with Crippen LogP contribution in [0.2, 0.25) is 0 Å². The molecule has 1 fully saturated rings. The van der Waals surface area contributed by atoms with Crippen LogP contribution in [-0.2, 0) is 11.2 Å². The van der Waals surface area contributed by atoms with E-state index in [0.717, 1.165) is 36.8 Å². The number of benzene rings is 2. The molecule has 0 radical (unpaired) electrons. The topological polar surface area (TPSA) is 88.2 Å². The van der Waals surface area contributed by atoms with Gasteiger partial charge in [0.1, 0.15) is 0 Å². The first-order valence-corrected chi connectivity index (χ1v) is 13.0. The molecule has 2 aliphatic carbocycles. The van der Waals surface area contributed by atoms with Gasteiger partial charge in [-0.05, 0) is 102 Å². The van der Waals surface area contributed by atoms with Crippen molar-refractivity contribution in [3.8, 4) is 34.0 Å². The molecule has 8 heteroatoms. The van der Waals surface area contributed by atoms with Gasteiger partial charge in [0.2, 0.25) is 5.82 Å². The van der Waals surface area contributed by atoms with Crippen molar-refractivity contribution in [3.63, 3.8) is 0 Å². The van der Waals surface area contributed by atoms with Crippen LogP contribution in [0, 0.1) is 19.8 Å². The van der Waals surface area contributed by atoms with Crippen LogP contribution in [0.5, 0.6) is 0 Å². The molecular weight excluding hydrogens is 494 g/mol. The Kier molecular flexibility index (Phi) is 6.72. The van der Waals surface area contributed by atoms with Crippen molar-refractivity contribution in [2.24, 2.45) is 5.92 Å². The molecule has 6 rings (SSSR count). The summed E-state index contributed by atoms with van der Waals surface area (Å²) in [6.07, 6.45) is 3.46. The SMILES string of the molecule is Cc1cc(-c2nc(-c3ccc4c(c3)CCC4NC3CC(C(=O)O)C3)no2)ccc1-c1cscc1C.Cl. The van der Waals surface area contributed by atoms with Gasteiger partial charge in [-0.25, -0.2) is 0 Å². The van der Waals surface area contributed by atoms with Gasteiger partial charge < -0.3 is 14.9 Å². The lowest BCUT2D eigenvalue weighted by molar-refractivity contribution is -0.145. The summed E-state index contributed by atoms with van der Waals surface area (Å²) < 4.78 is 5.64. The molecule has 186 valence electrons. The molecule has 0 aliphatic heterocycles. The van der Waals surface area contributed by atoms with Gasteiger partial charge in [-0.3, -0.25) is 4.79 Å². The second kappa shape index (κ2) is 9.81. The van der Waals surface area contributed by atoms with Crippen molar-refractivity contribution < 1.29 is 14.4 Å². The fourth-order valence-electron chi connectivity index (χ4n) is 5.36. The Morgan fingerprint density at radius 3 is 2.58 bits per heavy atom. The molecule has 0 saturated heterocycles. The van der Waals surface area contributed by atoms with E-state index in [1.807, 2.05) is 6.07 Å². The lowest BCUT2D eigenvalue weighted by Crippen LogP contribution is -2.45. The number of nitrogens with one attached hydrogen (secondary N) is 1. The monoisotopic (exact) mass is 521 g/mol. The van der Waals surface area contributed by atoms with Crippen LogP contribution in [0.1, 0.15) is 47.6 Å². The number of carbonyl (C=O) groups is 1. The van der Waals surface area contributed by atoms with Crippen molar-refractivity contribution in [1.82, 2.24) is 15.5 Å². The van der Waals surface area contributed by atoms with Crippen LogP contribution < -0.4 is 5.32 Å². The van der Waals surface area contributed by atoms with Crippen LogP contribution in [0.3, 0.4) is 0 Å². The second-order valence-corrected chi connectivity index (χ2v) is 10.5. The van der Waals surface area contributed by atoms with Crippen LogP contribution in [0.4, 0.5) is 0 Å². The van der Waals surface area contributed by atoms with Crippen molar-refractivity contribution in [2.75, 3.05) is 0 Å². The first-order valence-electron chi connectivity index (χ1n) is 12.1. The molecule has 1 saturated carbocycles. The summed E-state index contributed by atoms with van der Waals surface area (Å²) in [7, 11) is 0. The van der Waals surface area contributed by atoms with E-state index >= 15 is 0 Å². The fourth-order valence-corrected chi connectivity index (χ4v) is 6.21. The van der Waals surface area contributed by atoms with Crippen molar-refractivity contribution >= 4 is 29.7 Å². The largest absolute Gasteiger partial charge is 0.481 e. The Hall–Kier alpha value is -3.00. The van der Waals surface area contributed by atoms with E-state index in [0.29, 0.717) is 17.8 Å². The smallest absolute Gasteiger partial charge is 0.306 e. The Morgan fingerprint density at radius 1 is 1.06 bits per heavy atom. The molecule has 4 aromatic rings. The van der Waals surface area contributed by atoms with Crippen LogP contribution in [-0.4, -0.2) is 27.3 Å². The average molecular weight is 522 g/mol. The highest BCUT2D eigenvalue weighted by Gasteiger charge is 2.36. The number of carboxylic acids is 1. The maximum Gasteiger partial charge on any atom is 0.306 e. The van der Waals surface area contributed by atoms with Gasteiger partial charge in [-0.2, -0.15) is 16.3 Å². The zero-order valence-electron chi connectivity index (χ0n) is 20.2. The predicted octanol–water partition coefficient (Wildman–Crippen LogP) is 6.61. The molecule has 2 aliphatic rings. The minimum atomic E-state index is -0.678. The molecule has 1 unspecified atom stereocenters. The number of halogens is 1.